The van der Waals surface area contributed by atoms with E-state index in [0.717, 1.165) is 0 Å². The van der Waals surface area contributed by atoms with Crippen molar-refractivity contribution in [1.29, 1.82) is 0 Å². The molecule has 0 aromatic heterocycles. The maximum Gasteiger partial charge on any atom is 1.00 e. The molecule has 0 aromatic carbocycles. The lowest BCUT2D eigenvalue weighted by Gasteiger charge is -2.19. The van der Waals surface area contributed by atoms with Crippen molar-refractivity contribution in [1.82, 2.24) is 0 Å². The summed E-state index contributed by atoms with van der Waals surface area (Å²) in [5.41, 5.74) is 0. The van der Waals surface area contributed by atoms with Crippen LogP contribution in [0, 0.1) is 0 Å². The van der Waals surface area contributed by atoms with Crippen molar-refractivity contribution in [2.24, 2.45) is 0 Å². The minimum absolute atomic E-state index is 0. The van der Waals surface area contributed by atoms with Gasteiger partial charge in [0.05, 0.1) is 12.2 Å². The Morgan fingerprint density at radius 1 is 1.00 bits per heavy atom. The lowest BCUT2D eigenvalue weighted by molar-refractivity contribution is 0.0438. The Kier molecular flexibility index (Phi) is 10.9. The summed E-state index contributed by atoms with van der Waals surface area (Å²) in [6.45, 7) is 3.59. The zero-order valence-electron chi connectivity index (χ0n) is 12.0. The van der Waals surface area contributed by atoms with Crippen LogP contribution in [-0.2, 0) is 9.31 Å². The molecular formula is C8H23B2O8. The van der Waals surface area contributed by atoms with Gasteiger partial charge >= 0.3 is 16.1 Å². The van der Waals surface area contributed by atoms with Crippen LogP contribution >= 0.6 is 0 Å². The number of hydrogen-bond acceptors (Lipinski definition) is 8. The van der Waals surface area contributed by atoms with E-state index in [2.05, 4.69) is 9.31 Å². The van der Waals surface area contributed by atoms with E-state index >= 15 is 0 Å². The van der Waals surface area contributed by atoms with Crippen LogP contribution in [0.15, 0.2) is 0 Å². The average molecular weight is 269 g/mol. The summed E-state index contributed by atoms with van der Waals surface area (Å²) in [7, 11) is 0. The molecule has 1 saturated heterocycles. The highest BCUT2D eigenvalue weighted by Crippen LogP contribution is 2.19. The maximum atomic E-state index is 8.71. The summed E-state index contributed by atoms with van der Waals surface area (Å²) in [5.74, 6) is 0. The Morgan fingerprint density at radius 2 is 1.22 bits per heavy atom. The minimum atomic E-state index is -2.95. The van der Waals surface area contributed by atoms with Gasteiger partial charge in [-0.15, -0.1) is 0 Å². The predicted molar refractivity (Wildman–Crippen MR) is 66.0 cm³/mol. The molecule has 0 spiro atoms. The molecule has 1 rings (SSSR count). The van der Waals surface area contributed by atoms with Crippen molar-refractivity contribution in [3.05, 3.63) is 0 Å². The maximum absolute atomic E-state index is 8.71. The van der Waals surface area contributed by atoms with Gasteiger partial charge in [-0.25, -0.2) is 0 Å². The van der Waals surface area contributed by atoms with Gasteiger partial charge < -0.3 is 39.6 Å². The topological polar surface area (TPSA) is 140 Å². The van der Waals surface area contributed by atoms with Crippen molar-refractivity contribution >= 4 is 14.6 Å². The molecule has 109 valence electrons. The van der Waals surface area contributed by atoms with E-state index in [1.807, 2.05) is 0 Å². The largest absolute Gasteiger partial charge is 1.00 e. The molecule has 1 aliphatic heterocycles. The minimum Gasteiger partial charge on any atom is -0.533 e. The standard InChI is InChI=1S/C4H10BO4.C4H10O2.BH2O2/c1-3-4(2)9-5(6,7)8-3;1-3(5)4(2)6;2-1-3/h3-4,6-7H,1-2H3;3-6H,1-2H3;2-3H/q-1;;/p+1. The van der Waals surface area contributed by atoms with Crippen molar-refractivity contribution in [3.63, 3.8) is 0 Å². The van der Waals surface area contributed by atoms with E-state index in [1.54, 1.807) is 27.7 Å². The van der Waals surface area contributed by atoms with Gasteiger partial charge in [-0.05, 0) is 27.7 Å². The van der Waals surface area contributed by atoms with Gasteiger partial charge in [0.2, 0.25) is 0 Å². The molecule has 4 atom stereocenters. The molecule has 0 bridgehead atoms. The molecular weight excluding hydrogens is 246 g/mol. The lowest BCUT2D eigenvalue weighted by Crippen LogP contribution is -2.37. The van der Waals surface area contributed by atoms with Crippen molar-refractivity contribution < 1.29 is 41.0 Å². The normalized spacial score (nSPS) is 28.1. The number of aliphatic hydroxyl groups is 2. The highest BCUT2D eigenvalue weighted by atomic mass is 16.8. The van der Waals surface area contributed by atoms with Crippen molar-refractivity contribution in [3.8, 4) is 0 Å². The fourth-order valence-corrected chi connectivity index (χ4v) is 0.813. The zero-order chi connectivity index (χ0) is 14.9. The lowest BCUT2D eigenvalue weighted by atomic mass is 10.1. The highest BCUT2D eigenvalue weighted by molar-refractivity contribution is 6.51. The Hall–Kier alpha value is -0.190. The summed E-state index contributed by atoms with van der Waals surface area (Å²) in [4.78, 5) is 0. The number of rotatable bonds is 1. The van der Waals surface area contributed by atoms with Gasteiger partial charge in [0.15, 0.2) is 0 Å². The third-order valence-corrected chi connectivity index (χ3v) is 2.14. The van der Waals surface area contributed by atoms with E-state index in [-0.39, 0.29) is 21.3 Å². The molecule has 0 aliphatic carbocycles. The van der Waals surface area contributed by atoms with Gasteiger partial charge in [-0.1, -0.05) is 0 Å². The quantitative estimate of drug-likeness (QED) is 0.289. The molecule has 6 N–H and O–H groups in total. The Labute approximate surface area is 109 Å². The van der Waals surface area contributed by atoms with Crippen molar-refractivity contribution in [2.75, 3.05) is 0 Å². The fourth-order valence-electron chi connectivity index (χ4n) is 0.813. The van der Waals surface area contributed by atoms with E-state index in [9.17, 15) is 0 Å². The van der Waals surface area contributed by atoms with Crippen LogP contribution in [0.3, 0.4) is 0 Å². The van der Waals surface area contributed by atoms with E-state index < -0.39 is 19.2 Å². The first-order chi connectivity index (χ1) is 8.07. The fraction of sp³-hybridized carbons (Fsp3) is 1.00. The second-order valence-corrected chi connectivity index (χ2v) is 3.91. The second-order valence-electron chi connectivity index (χ2n) is 3.91. The Balaban J connectivity index is -0.000000226. The molecule has 0 saturated carbocycles. The van der Waals surface area contributed by atoms with E-state index in [0.29, 0.717) is 0 Å². The van der Waals surface area contributed by atoms with Gasteiger partial charge in [-0.2, -0.15) is 0 Å². The second kappa shape index (κ2) is 9.70. The van der Waals surface area contributed by atoms with E-state index in [1.165, 1.54) is 0 Å². The predicted octanol–water partition coefficient (Wildman–Crippen LogP) is -2.40. The summed E-state index contributed by atoms with van der Waals surface area (Å²) in [5, 5.41) is 48.2. The van der Waals surface area contributed by atoms with Gasteiger partial charge in [0.25, 0.3) is 0 Å². The summed E-state index contributed by atoms with van der Waals surface area (Å²) >= 11 is 0. The van der Waals surface area contributed by atoms with E-state index in [4.69, 9.17) is 30.3 Å². The molecule has 1 heterocycles. The highest BCUT2D eigenvalue weighted by Gasteiger charge is 2.36. The van der Waals surface area contributed by atoms with Gasteiger partial charge in [-0.3, -0.25) is 0 Å². The Bertz CT molecular complexity index is 189. The molecule has 4 unspecified atom stereocenters. The number of hydrogen-bond donors (Lipinski definition) is 6. The van der Waals surface area contributed by atoms with Gasteiger partial charge in [0.1, 0.15) is 0 Å². The third-order valence-electron chi connectivity index (χ3n) is 2.14. The van der Waals surface area contributed by atoms with Crippen molar-refractivity contribution in [2.45, 2.75) is 52.1 Å². The first-order valence-corrected chi connectivity index (χ1v) is 5.47. The molecule has 0 aromatic rings. The van der Waals surface area contributed by atoms with Crippen LogP contribution in [0.2, 0.25) is 0 Å². The molecule has 0 amide bonds. The molecule has 1 fully saturated rings. The summed E-state index contributed by atoms with van der Waals surface area (Å²) < 4.78 is 9.22. The monoisotopic (exact) mass is 269 g/mol. The molecule has 8 nitrogen and oxygen atoms in total. The summed E-state index contributed by atoms with van der Waals surface area (Å²) in [6.07, 6.45) is -1.66. The SMILES string of the molecule is CC(O)C(C)O.CC1O[B-](O)(O)OC1C.O[B]O.[H+]. The third kappa shape index (κ3) is 10.9. The zero-order valence-corrected chi connectivity index (χ0v) is 11.0. The van der Waals surface area contributed by atoms with Crippen LogP contribution in [0.4, 0.5) is 0 Å². The van der Waals surface area contributed by atoms with Crippen LogP contribution in [0.1, 0.15) is 29.1 Å². The van der Waals surface area contributed by atoms with Crippen LogP contribution in [0.5, 0.6) is 0 Å². The number of aliphatic hydroxyl groups excluding tert-OH is 2. The molecule has 1 radical (unpaired) electrons. The Morgan fingerprint density at radius 3 is 1.28 bits per heavy atom. The van der Waals surface area contributed by atoms with Crippen LogP contribution < -0.4 is 0 Å². The smallest absolute Gasteiger partial charge is 0.533 e. The molecule has 18 heavy (non-hydrogen) atoms. The molecule has 10 heteroatoms. The molecule has 1 aliphatic rings. The average Bonchev–Trinajstić information content (AvgIpc) is 2.40. The first kappa shape index (κ1) is 20.1. The van der Waals surface area contributed by atoms with Gasteiger partial charge in [0, 0.05) is 12.2 Å². The van der Waals surface area contributed by atoms with Crippen LogP contribution in [-0.4, -0.2) is 69.4 Å². The first-order valence-electron chi connectivity index (χ1n) is 5.47. The van der Waals surface area contributed by atoms with Crippen LogP contribution in [0.25, 0.3) is 0 Å². The summed E-state index contributed by atoms with van der Waals surface area (Å²) in [6, 6.07) is 0.